The Morgan fingerprint density at radius 3 is 0.384 bits per heavy atom. The summed E-state index contributed by atoms with van der Waals surface area (Å²) >= 11 is 0. The van der Waals surface area contributed by atoms with Crippen molar-refractivity contribution < 1.29 is 0 Å². The second-order valence-electron chi connectivity index (χ2n) is 28.2. The zero-order chi connectivity index (χ0) is 76.2. The van der Waals surface area contributed by atoms with Gasteiger partial charge in [0.1, 0.15) is 0 Å². The number of benzene rings is 16. The van der Waals surface area contributed by atoms with Crippen LogP contribution in [0.4, 0.5) is 68.2 Å². The van der Waals surface area contributed by atoms with Crippen LogP contribution in [0.2, 0.25) is 0 Å². The lowest BCUT2D eigenvalue weighted by Crippen LogP contribution is -2.09. The Hall–Kier alpha value is -14.3. The molecule has 0 atom stereocenters. The third-order valence-electron chi connectivity index (χ3n) is 20.0. The van der Waals surface area contributed by atoms with Gasteiger partial charge in [-0.1, -0.05) is 338 Å². The van der Waals surface area contributed by atoms with Crippen molar-refractivity contribution in [1.29, 1.82) is 0 Å². The van der Waals surface area contributed by atoms with E-state index in [2.05, 4.69) is 508 Å². The molecule has 4 heteroatoms. The van der Waals surface area contributed by atoms with Crippen LogP contribution in [0.5, 0.6) is 0 Å². The molecule has 0 amide bonds. The fraction of sp³-hybridized carbons (Fsp3) is 0.0370. The van der Waals surface area contributed by atoms with Crippen molar-refractivity contribution in [1.82, 2.24) is 0 Å². The lowest BCUT2D eigenvalue weighted by atomic mass is 10.0. The van der Waals surface area contributed by atoms with Gasteiger partial charge >= 0.3 is 0 Å². The van der Waals surface area contributed by atoms with E-state index in [1.165, 1.54) is 66.8 Å². The van der Waals surface area contributed by atoms with Crippen LogP contribution in [0.15, 0.2) is 413 Å². The smallest absolute Gasteiger partial charge is 0.0462 e. The van der Waals surface area contributed by atoms with Gasteiger partial charge in [-0.2, -0.15) is 0 Å². The number of hydrogen-bond donors (Lipinski definition) is 0. The highest BCUT2D eigenvalue weighted by Gasteiger charge is 2.17. The summed E-state index contributed by atoms with van der Waals surface area (Å²) in [6, 6.07) is 147. The maximum Gasteiger partial charge on any atom is 0.0462 e. The summed E-state index contributed by atoms with van der Waals surface area (Å²) in [7, 11) is 0. The Kier molecular flexibility index (Phi) is 23.3. The zero-order valence-electron chi connectivity index (χ0n) is 63.7. The molecule has 0 bridgehead atoms. The highest BCUT2D eigenvalue weighted by Crippen LogP contribution is 2.40. The molecule has 0 fully saturated rings. The van der Waals surface area contributed by atoms with Gasteiger partial charge in [-0.05, 0) is 240 Å². The van der Waals surface area contributed by atoms with Crippen molar-refractivity contribution in [3.05, 3.63) is 479 Å². The van der Waals surface area contributed by atoms with Gasteiger partial charge in [-0.3, -0.25) is 0 Å². The summed E-state index contributed by atoms with van der Waals surface area (Å²) < 4.78 is 0. The van der Waals surface area contributed by atoms with E-state index in [-0.39, 0.29) is 0 Å². The van der Waals surface area contributed by atoms with Gasteiger partial charge < -0.3 is 19.6 Å². The Labute approximate surface area is 661 Å². The van der Waals surface area contributed by atoms with Gasteiger partial charge in [0, 0.05) is 68.2 Å². The van der Waals surface area contributed by atoms with Gasteiger partial charge in [0.05, 0.1) is 0 Å². The molecule has 0 saturated heterocycles. The minimum atomic E-state index is 1.12. The molecule has 4 nitrogen and oxygen atoms in total. The first-order chi connectivity index (χ1) is 55.1. The average molecular weight is 1440 g/mol. The Balaban J connectivity index is 0.000000178. The molecule has 0 N–H and O–H groups in total. The Morgan fingerprint density at radius 1 is 0.125 bits per heavy atom. The molecule has 0 aliphatic carbocycles. The van der Waals surface area contributed by atoms with E-state index in [1.54, 1.807) is 0 Å². The lowest BCUT2D eigenvalue weighted by molar-refractivity contribution is 1.27. The first-order valence-electron chi connectivity index (χ1n) is 38.3. The molecule has 16 aromatic carbocycles. The molecule has 0 radical (unpaired) electrons. The molecule has 0 aliphatic rings. The molecule has 540 valence electrons. The van der Waals surface area contributed by atoms with Crippen molar-refractivity contribution in [2.24, 2.45) is 0 Å². The monoisotopic (exact) mass is 1440 g/mol. The van der Waals surface area contributed by atoms with Gasteiger partial charge in [-0.15, -0.1) is 0 Å². The average Bonchev–Trinajstić information content (AvgIpc) is 0.817. The highest BCUT2D eigenvalue weighted by atomic mass is 15.2. The van der Waals surface area contributed by atoms with Crippen LogP contribution in [0.25, 0.3) is 70.9 Å². The number of anilines is 12. The van der Waals surface area contributed by atoms with E-state index in [4.69, 9.17) is 0 Å². The normalized spacial score (nSPS) is 11.2. The van der Waals surface area contributed by atoms with Crippen molar-refractivity contribution in [3.8, 4) is 22.3 Å². The second-order valence-corrected chi connectivity index (χ2v) is 28.2. The molecular formula is C108H88N4. The molecular weight excluding hydrogens is 1350 g/mol. The van der Waals surface area contributed by atoms with Gasteiger partial charge in [-0.25, -0.2) is 0 Å². The Bertz CT molecular complexity index is 5230. The predicted octanol–water partition coefficient (Wildman–Crippen LogP) is 30.5. The molecule has 0 aromatic heterocycles. The summed E-state index contributed by atoms with van der Waals surface area (Å²) in [6.45, 7) is 8.50. The number of aryl methyl sites for hydroxylation is 4. The minimum absolute atomic E-state index is 1.12. The summed E-state index contributed by atoms with van der Waals surface area (Å²) in [5.74, 6) is 0. The summed E-state index contributed by atoms with van der Waals surface area (Å²) in [5, 5.41) is 0. The zero-order valence-corrected chi connectivity index (χ0v) is 63.7. The van der Waals surface area contributed by atoms with E-state index in [0.29, 0.717) is 0 Å². The van der Waals surface area contributed by atoms with E-state index in [1.807, 2.05) is 0 Å². The largest absolute Gasteiger partial charge is 0.311 e. The van der Waals surface area contributed by atoms with Crippen LogP contribution in [-0.2, 0) is 0 Å². The quantitative estimate of drug-likeness (QED) is 0.0627. The van der Waals surface area contributed by atoms with Crippen molar-refractivity contribution in [2.75, 3.05) is 19.6 Å². The molecule has 0 aliphatic heterocycles. The predicted molar refractivity (Wildman–Crippen MR) is 483 cm³/mol. The van der Waals surface area contributed by atoms with Crippen LogP contribution in [-0.4, -0.2) is 0 Å². The number of para-hydroxylation sites is 4. The molecule has 0 saturated carbocycles. The topological polar surface area (TPSA) is 13.0 Å². The summed E-state index contributed by atoms with van der Waals surface area (Å²) in [6.07, 6.45) is 17.4. The molecule has 16 aromatic rings. The van der Waals surface area contributed by atoms with Crippen LogP contribution in [0, 0.1) is 27.7 Å². The molecule has 16 rings (SSSR count). The second kappa shape index (κ2) is 35.6. The first-order valence-corrected chi connectivity index (χ1v) is 38.3. The van der Waals surface area contributed by atoms with Crippen LogP contribution in [0.1, 0.15) is 66.8 Å². The van der Waals surface area contributed by atoms with Crippen LogP contribution < -0.4 is 19.6 Å². The Morgan fingerprint density at radius 2 is 0.241 bits per heavy atom. The number of nitrogens with zero attached hydrogens (tertiary/aromatic N) is 4. The van der Waals surface area contributed by atoms with E-state index >= 15 is 0 Å². The summed E-state index contributed by atoms with van der Waals surface area (Å²) in [5.41, 5.74) is 32.7. The highest BCUT2D eigenvalue weighted by molar-refractivity contribution is 5.84. The fourth-order valence-electron chi connectivity index (χ4n) is 13.7. The van der Waals surface area contributed by atoms with E-state index in [9.17, 15) is 0 Å². The molecule has 112 heavy (non-hydrogen) atoms. The third kappa shape index (κ3) is 18.8. The maximum absolute atomic E-state index is 2.31. The lowest BCUT2D eigenvalue weighted by Gasteiger charge is -2.25. The summed E-state index contributed by atoms with van der Waals surface area (Å²) in [4.78, 5) is 9.17. The standard InChI is InChI=1S/C56H48N2.C52H40N2/c1-41-5-29-51(30-6-41)57(52-31-7-42(2)8-32-52)55-37-21-47(22-38-55)15-13-45-17-25-49(26-18-45)50-27-19-46(20-28-50)14-16-48-23-39-56(40-24-48)58(53-33-9-43(3)10-34-53)54-35-11-44(4)12-36-54;1-5-13-47(14-6-1)53(48-15-7-2-8-16-48)51-37-29-43(30-38-51)23-21-41-25-33-45(34-26-41)46-35-27-42(28-36-46)22-24-44-31-39-52(40-32-44)54(49-17-9-3-10-18-49)50-19-11-4-12-20-50/h5-40H,1-4H3;1-40H. The minimum Gasteiger partial charge on any atom is -0.311 e. The van der Waals surface area contributed by atoms with Crippen molar-refractivity contribution in [2.45, 2.75) is 27.7 Å². The molecule has 0 unspecified atom stereocenters. The van der Waals surface area contributed by atoms with Crippen molar-refractivity contribution >= 4 is 117 Å². The molecule has 0 heterocycles. The van der Waals surface area contributed by atoms with Gasteiger partial charge in [0.15, 0.2) is 0 Å². The van der Waals surface area contributed by atoms with Crippen LogP contribution >= 0.6 is 0 Å². The van der Waals surface area contributed by atoms with Gasteiger partial charge in [0.25, 0.3) is 0 Å². The SMILES string of the molecule is C(=Cc1ccc(N(c2ccccc2)c2ccccc2)cc1)c1ccc(-c2ccc(C=Cc3ccc(N(c4ccccc4)c4ccccc4)cc3)cc2)cc1.Cc1ccc(N(c2ccc(C)cc2)c2ccc(C=Cc3ccc(-c4ccc(C=Cc5ccc(N(c6ccc(C)cc6)c6ccc(C)cc6)cc5)cc4)cc3)cc2)cc1. The van der Waals surface area contributed by atoms with E-state index in [0.717, 1.165) is 90.5 Å². The fourth-order valence-corrected chi connectivity index (χ4v) is 13.7. The third-order valence-corrected chi connectivity index (χ3v) is 20.0. The van der Waals surface area contributed by atoms with Gasteiger partial charge in [0.2, 0.25) is 0 Å². The maximum atomic E-state index is 2.31. The van der Waals surface area contributed by atoms with Crippen molar-refractivity contribution in [3.63, 3.8) is 0 Å². The number of hydrogen-bond acceptors (Lipinski definition) is 4. The number of rotatable bonds is 22. The first kappa shape index (κ1) is 73.2. The van der Waals surface area contributed by atoms with E-state index < -0.39 is 0 Å². The van der Waals surface area contributed by atoms with Crippen LogP contribution in [0.3, 0.4) is 0 Å². The molecule has 0 spiro atoms.